The van der Waals surface area contributed by atoms with Crippen molar-refractivity contribution in [2.75, 3.05) is 0 Å². The van der Waals surface area contributed by atoms with Gasteiger partial charge < -0.3 is 0 Å². The van der Waals surface area contributed by atoms with Gasteiger partial charge in [-0.1, -0.05) is 65.7 Å². The van der Waals surface area contributed by atoms with E-state index in [1.807, 2.05) is 0 Å². The number of rotatable bonds is 7. The molecule has 2 fully saturated rings. The van der Waals surface area contributed by atoms with E-state index >= 15 is 0 Å². The Morgan fingerprint density at radius 1 is 1.12 bits per heavy atom. The van der Waals surface area contributed by atoms with Crippen LogP contribution in [0.15, 0.2) is 0 Å². The molecule has 0 aromatic carbocycles. The van der Waals surface area contributed by atoms with Crippen LogP contribution in [0.4, 0.5) is 0 Å². The Labute approximate surface area is 109 Å². The van der Waals surface area contributed by atoms with E-state index in [9.17, 15) is 0 Å². The highest BCUT2D eigenvalue weighted by Crippen LogP contribution is 2.51. The first-order valence-corrected chi connectivity index (χ1v) is 8.15. The minimum atomic E-state index is 0.708. The molecule has 0 spiro atoms. The van der Waals surface area contributed by atoms with Gasteiger partial charge in [-0.25, -0.2) is 0 Å². The Kier molecular flexibility index (Phi) is 4.55. The molecule has 2 saturated carbocycles. The van der Waals surface area contributed by atoms with Gasteiger partial charge >= 0.3 is 0 Å². The van der Waals surface area contributed by atoms with Crippen molar-refractivity contribution in [3.8, 4) is 0 Å². The summed E-state index contributed by atoms with van der Waals surface area (Å²) in [4.78, 5) is 0. The van der Waals surface area contributed by atoms with Crippen molar-refractivity contribution in [2.24, 2.45) is 23.2 Å². The lowest BCUT2D eigenvalue weighted by molar-refractivity contribution is 0.0334. The molecule has 100 valence electrons. The topological polar surface area (TPSA) is 0 Å². The molecule has 0 heteroatoms. The van der Waals surface area contributed by atoms with E-state index in [4.69, 9.17) is 0 Å². The fourth-order valence-corrected chi connectivity index (χ4v) is 4.01. The van der Waals surface area contributed by atoms with Crippen molar-refractivity contribution in [1.82, 2.24) is 0 Å². The van der Waals surface area contributed by atoms with Crippen LogP contribution in [0.5, 0.6) is 0 Å². The van der Waals surface area contributed by atoms with Crippen molar-refractivity contribution < 1.29 is 0 Å². The summed E-state index contributed by atoms with van der Waals surface area (Å²) in [6, 6.07) is 0. The van der Waals surface area contributed by atoms with Crippen LogP contribution >= 0.6 is 0 Å². The lowest BCUT2D eigenvalue weighted by Crippen LogP contribution is -2.37. The van der Waals surface area contributed by atoms with Crippen molar-refractivity contribution in [3.63, 3.8) is 0 Å². The molecule has 0 aromatic rings. The van der Waals surface area contributed by atoms with Crippen molar-refractivity contribution in [1.29, 1.82) is 0 Å². The van der Waals surface area contributed by atoms with E-state index in [1.165, 1.54) is 64.2 Å². The quantitative estimate of drug-likeness (QED) is 0.523. The van der Waals surface area contributed by atoms with Gasteiger partial charge in [-0.3, -0.25) is 0 Å². The molecule has 0 aromatic heterocycles. The summed E-state index contributed by atoms with van der Waals surface area (Å²) in [6.07, 6.45) is 15.0. The molecule has 0 saturated heterocycles. The van der Waals surface area contributed by atoms with E-state index in [0.29, 0.717) is 5.41 Å². The van der Waals surface area contributed by atoms with Crippen LogP contribution in [-0.4, -0.2) is 0 Å². The molecule has 0 aliphatic heterocycles. The summed E-state index contributed by atoms with van der Waals surface area (Å²) >= 11 is 0. The van der Waals surface area contributed by atoms with Crippen molar-refractivity contribution in [2.45, 2.75) is 85.0 Å². The van der Waals surface area contributed by atoms with Gasteiger partial charge in [0.2, 0.25) is 0 Å². The molecular weight excluding hydrogens is 204 g/mol. The highest BCUT2D eigenvalue weighted by atomic mass is 14.5. The second kappa shape index (κ2) is 5.76. The zero-order chi connectivity index (χ0) is 12.3. The Bertz CT molecular complexity index is 222. The molecule has 2 aliphatic rings. The molecule has 2 aliphatic carbocycles. The van der Waals surface area contributed by atoms with Gasteiger partial charge in [0, 0.05) is 0 Å². The zero-order valence-corrected chi connectivity index (χ0v) is 12.3. The van der Waals surface area contributed by atoms with E-state index in [1.54, 1.807) is 0 Å². The minimum Gasteiger partial charge on any atom is -0.0654 e. The average molecular weight is 236 g/mol. The van der Waals surface area contributed by atoms with Crippen LogP contribution in [0.2, 0.25) is 0 Å². The molecule has 0 radical (unpaired) electrons. The molecule has 2 unspecified atom stereocenters. The third-order valence-corrected chi connectivity index (χ3v) is 6.13. The van der Waals surface area contributed by atoms with Crippen molar-refractivity contribution >= 4 is 0 Å². The SMILES string of the molecule is CCCC(CCC1CCC1)C(C)C1(C)CCC1. The molecule has 0 amide bonds. The molecule has 2 atom stereocenters. The van der Waals surface area contributed by atoms with Crippen molar-refractivity contribution in [3.05, 3.63) is 0 Å². The Morgan fingerprint density at radius 2 is 1.82 bits per heavy atom. The standard InChI is InChI=1S/C17H32/c1-4-7-16(11-10-15-8-5-9-15)14(2)17(3)12-6-13-17/h14-16H,4-13H2,1-3H3. The Hall–Kier alpha value is 0. The maximum atomic E-state index is 2.56. The van der Waals surface area contributed by atoms with Crippen LogP contribution in [0, 0.1) is 23.2 Å². The van der Waals surface area contributed by atoms with Gasteiger partial charge in [-0.05, 0) is 42.4 Å². The minimum absolute atomic E-state index is 0.708. The highest BCUT2D eigenvalue weighted by molar-refractivity contribution is 4.90. The molecular formula is C17H32. The molecule has 0 bridgehead atoms. The first kappa shape index (κ1) is 13.4. The van der Waals surface area contributed by atoms with Gasteiger partial charge in [-0.2, -0.15) is 0 Å². The maximum absolute atomic E-state index is 2.56. The summed E-state index contributed by atoms with van der Waals surface area (Å²) in [6.45, 7) is 7.47. The highest BCUT2D eigenvalue weighted by Gasteiger charge is 2.40. The molecule has 0 heterocycles. The second-order valence-corrected chi connectivity index (χ2v) is 7.22. The first-order valence-electron chi connectivity index (χ1n) is 8.15. The third kappa shape index (κ3) is 3.06. The predicted molar refractivity (Wildman–Crippen MR) is 76.1 cm³/mol. The Balaban J connectivity index is 1.81. The lowest BCUT2D eigenvalue weighted by Gasteiger charge is -2.47. The predicted octanol–water partition coefficient (Wildman–Crippen LogP) is 5.81. The fourth-order valence-electron chi connectivity index (χ4n) is 4.01. The fraction of sp³-hybridized carbons (Fsp3) is 1.00. The first-order chi connectivity index (χ1) is 8.15. The molecule has 0 nitrogen and oxygen atoms in total. The summed E-state index contributed by atoms with van der Waals surface area (Å²) in [5.41, 5.74) is 0.708. The van der Waals surface area contributed by atoms with Crippen LogP contribution in [-0.2, 0) is 0 Å². The average Bonchev–Trinajstić information content (AvgIpc) is 2.21. The lowest BCUT2D eigenvalue weighted by atomic mass is 9.58. The summed E-state index contributed by atoms with van der Waals surface area (Å²) in [5, 5.41) is 0. The monoisotopic (exact) mass is 236 g/mol. The molecule has 2 rings (SSSR count). The van der Waals surface area contributed by atoms with E-state index in [2.05, 4.69) is 20.8 Å². The summed E-state index contributed by atoms with van der Waals surface area (Å²) < 4.78 is 0. The van der Waals surface area contributed by atoms with Gasteiger partial charge in [0.15, 0.2) is 0 Å². The van der Waals surface area contributed by atoms with E-state index < -0.39 is 0 Å². The van der Waals surface area contributed by atoms with E-state index in [-0.39, 0.29) is 0 Å². The van der Waals surface area contributed by atoms with Crippen LogP contribution in [0.25, 0.3) is 0 Å². The molecule has 0 N–H and O–H groups in total. The second-order valence-electron chi connectivity index (χ2n) is 7.22. The molecule has 17 heavy (non-hydrogen) atoms. The summed E-state index contributed by atoms with van der Waals surface area (Å²) in [7, 11) is 0. The van der Waals surface area contributed by atoms with E-state index in [0.717, 1.165) is 17.8 Å². The maximum Gasteiger partial charge on any atom is -0.0298 e. The van der Waals surface area contributed by atoms with Gasteiger partial charge in [0.25, 0.3) is 0 Å². The summed E-state index contributed by atoms with van der Waals surface area (Å²) in [5.74, 6) is 3.10. The Morgan fingerprint density at radius 3 is 2.24 bits per heavy atom. The van der Waals surface area contributed by atoms with Gasteiger partial charge in [-0.15, -0.1) is 0 Å². The third-order valence-electron chi connectivity index (χ3n) is 6.13. The number of hydrogen-bond donors (Lipinski definition) is 0. The zero-order valence-electron chi connectivity index (χ0n) is 12.3. The largest absolute Gasteiger partial charge is 0.0654 e. The van der Waals surface area contributed by atoms with Crippen LogP contribution in [0.1, 0.15) is 85.0 Å². The normalized spacial score (nSPS) is 27.0. The van der Waals surface area contributed by atoms with Crippen LogP contribution in [0.3, 0.4) is 0 Å². The van der Waals surface area contributed by atoms with Crippen LogP contribution < -0.4 is 0 Å². The van der Waals surface area contributed by atoms with Gasteiger partial charge in [0.05, 0.1) is 0 Å². The smallest absolute Gasteiger partial charge is 0.0298 e. The van der Waals surface area contributed by atoms with Gasteiger partial charge in [0.1, 0.15) is 0 Å². The number of hydrogen-bond acceptors (Lipinski definition) is 0.